The maximum Gasteiger partial charge on any atom is 0.257 e. The monoisotopic (exact) mass is 385 g/mol. The molecule has 0 atom stereocenters. The lowest BCUT2D eigenvalue weighted by Gasteiger charge is -2.11. The van der Waals surface area contributed by atoms with Crippen LogP contribution in [-0.4, -0.2) is 30.6 Å². The van der Waals surface area contributed by atoms with E-state index in [-0.39, 0.29) is 16.9 Å². The van der Waals surface area contributed by atoms with Crippen LogP contribution < -0.4 is 20.7 Å². The number of nitrogens with one attached hydrogen (secondary N) is 3. The quantitative estimate of drug-likeness (QED) is 0.639. The standard InChI is InChI=1S/C20H23N3O3S/c1-3-11-26-17-6-4-5-15(13-17)19(25)23-20(27)22-16-9-7-14(8-10-16)12-18(24)21-2/h4-10,13H,3,11-12H2,1-2H3,(H,21,24)(H2,22,23,25,27). The van der Waals surface area contributed by atoms with E-state index in [9.17, 15) is 9.59 Å². The minimum atomic E-state index is -0.314. The number of carbonyl (C=O) groups excluding carboxylic acids is 2. The van der Waals surface area contributed by atoms with Crippen LogP contribution >= 0.6 is 12.2 Å². The molecular formula is C20H23N3O3S. The first-order chi connectivity index (χ1) is 13.0. The number of likely N-dealkylation sites (N-methyl/N-ethyl adjacent to an activating group) is 1. The number of carbonyl (C=O) groups is 2. The summed E-state index contributed by atoms with van der Waals surface area (Å²) in [6, 6.07) is 14.2. The number of ether oxygens (including phenoxy) is 1. The van der Waals surface area contributed by atoms with E-state index in [1.807, 2.05) is 25.1 Å². The van der Waals surface area contributed by atoms with Gasteiger partial charge in [-0.3, -0.25) is 14.9 Å². The highest BCUT2D eigenvalue weighted by Gasteiger charge is 2.09. The van der Waals surface area contributed by atoms with Gasteiger partial charge in [0.25, 0.3) is 5.91 Å². The molecule has 2 aromatic rings. The Morgan fingerprint density at radius 1 is 1.11 bits per heavy atom. The van der Waals surface area contributed by atoms with Gasteiger partial charge in [0, 0.05) is 18.3 Å². The summed E-state index contributed by atoms with van der Waals surface area (Å²) in [5.41, 5.74) is 2.08. The summed E-state index contributed by atoms with van der Waals surface area (Å²) in [5.74, 6) is 0.282. The zero-order valence-corrected chi connectivity index (χ0v) is 16.2. The lowest BCUT2D eigenvalue weighted by Crippen LogP contribution is -2.34. The molecule has 142 valence electrons. The molecule has 0 bridgehead atoms. The Morgan fingerprint density at radius 3 is 2.52 bits per heavy atom. The van der Waals surface area contributed by atoms with Crippen LogP contribution in [0, 0.1) is 0 Å². The molecule has 3 N–H and O–H groups in total. The molecule has 0 unspecified atom stereocenters. The van der Waals surface area contributed by atoms with Crippen LogP contribution in [0.4, 0.5) is 5.69 Å². The van der Waals surface area contributed by atoms with E-state index >= 15 is 0 Å². The van der Waals surface area contributed by atoms with E-state index in [2.05, 4.69) is 16.0 Å². The molecule has 0 aliphatic heterocycles. The van der Waals surface area contributed by atoms with Crippen molar-refractivity contribution in [2.24, 2.45) is 0 Å². The van der Waals surface area contributed by atoms with Gasteiger partial charge < -0.3 is 15.4 Å². The van der Waals surface area contributed by atoms with E-state index < -0.39 is 0 Å². The molecule has 0 radical (unpaired) electrons. The highest BCUT2D eigenvalue weighted by atomic mass is 32.1. The first-order valence-electron chi connectivity index (χ1n) is 8.66. The zero-order chi connectivity index (χ0) is 19.6. The fourth-order valence-corrected chi connectivity index (χ4v) is 2.47. The molecule has 2 aromatic carbocycles. The van der Waals surface area contributed by atoms with Crippen molar-refractivity contribution in [3.63, 3.8) is 0 Å². The molecule has 0 aromatic heterocycles. The molecule has 6 nitrogen and oxygen atoms in total. The molecule has 0 fully saturated rings. The zero-order valence-electron chi connectivity index (χ0n) is 15.4. The second-order valence-corrected chi connectivity index (χ2v) is 6.24. The Bertz CT molecular complexity index is 806. The van der Waals surface area contributed by atoms with Crippen molar-refractivity contribution < 1.29 is 14.3 Å². The summed E-state index contributed by atoms with van der Waals surface area (Å²) in [4.78, 5) is 23.7. The number of hydrogen-bond donors (Lipinski definition) is 3. The fraction of sp³-hybridized carbons (Fsp3) is 0.250. The summed E-state index contributed by atoms with van der Waals surface area (Å²) < 4.78 is 5.54. The second kappa shape index (κ2) is 10.3. The van der Waals surface area contributed by atoms with Crippen molar-refractivity contribution in [3.05, 3.63) is 59.7 Å². The van der Waals surface area contributed by atoms with Crippen molar-refractivity contribution in [2.75, 3.05) is 19.0 Å². The lowest BCUT2D eigenvalue weighted by atomic mass is 10.1. The number of amides is 2. The average Bonchev–Trinajstić information content (AvgIpc) is 2.67. The highest BCUT2D eigenvalue weighted by Crippen LogP contribution is 2.14. The summed E-state index contributed by atoms with van der Waals surface area (Å²) in [7, 11) is 1.60. The molecule has 2 rings (SSSR count). The number of anilines is 1. The van der Waals surface area contributed by atoms with Crippen molar-refractivity contribution >= 4 is 34.8 Å². The summed E-state index contributed by atoms with van der Waals surface area (Å²) >= 11 is 5.20. The number of benzene rings is 2. The lowest BCUT2D eigenvalue weighted by molar-refractivity contribution is -0.119. The Morgan fingerprint density at radius 2 is 1.85 bits per heavy atom. The summed E-state index contributed by atoms with van der Waals surface area (Å²) in [6.07, 6.45) is 1.21. The van der Waals surface area contributed by atoms with Gasteiger partial charge in [-0.2, -0.15) is 0 Å². The molecule has 2 amide bonds. The minimum absolute atomic E-state index is 0.0522. The van der Waals surface area contributed by atoms with E-state index in [1.54, 1.807) is 37.4 Å². The van der Waals surface area contributed by atoms with Gasteiger partial charge in [0.1, 0.15) is 5.75 Å². The van der Waals surface area contributed by atoms with Gasteiger partial charge >= 0.3 is 0 Å². The third kappa shape index (κ3) is 6.71. The molecule has 0 aliphatic rings. The first-order valence-corrected chi connectivity index (χ1v) is 9.07. The first kappa shape index (κ1) is 20.4. The van der Waals surface area contributed by atoms with Crippen molar-refractivity contribution in [3.8, 4) is 5.75 Å². The van der Waals surface area contributed by atoms with Crippen molar-refractivity contribution in [2.45, 2.75) is 19.8 Å². The van der Waals surface area contributed by atoms with Crippen LogP contribution in [0.25, 0.3) is 0 Å². The molecule has 0 spiro atoms. The maximum absolute atomic E-state index is 12.3. The summed E-state index contributed by atoms with van der Waals surface area (Å²) in [5, 5.41) is 8.37. The molecule has 0 saturated heterocycles. The van der Waals surface area contributed by atoms with Gasteiger partial charge in [-0.05, 0) is 54.5 Å². The third-order valence-corrected chi connectivity index (χ3v) is 3.86. The molecule has 27 heavy (non-hydrogen) atoms. The second-order valence-electron chi connectivity index (χ2n) is 5.83. The van der Waals surface area contributed by atoms with Crippen LogP contribution in [0.15, 0.2) is 48.5 Å². The number of rotatable bonds is 7. The molecule has 0 aliphatic carbocycles. The van der Waals surface area contributed by atoms with Gasteiger partial charge in [0.15, 0.2) is 5.11 Å². The van der Waals surface area contributed by atoms with Crippen molar-refractivity contribution in [1.82, 2.24) is 10.6 Å². The largest absolute Gasteiger partial charge is 0.494 e. The third-order valence-electron chi connectivity index (χ3n) is 3.65. The maximum atomic E-state index is 12.3. The summed E-state index contributed by atoms with van der Waals surface area (Å²) in [6.45, 7) is 2.62. The average molecular weight is 385 g/mol. The molecule has 0 heterocycles. The Kier molecular flexibility index (Phi) is 7.76. The van der Waals surface area contributed by atoms with Gasteiger partial charge in [-0.15, -0.1) is 0 Å². The van der Waals surface area contributed by atoms with Gasteiger partial charge in [-0.1, -0.05) is 25.1 Å². The smallest absolute Gasteiger partial charge is 0.257 e. The van der Waals surface area contributed by atoms with Gasteiger partial charge in [-0.25, -0.2) is 0 Å². The topological polar surface area (TPSA) is 79.5 Å². The Balaban J connectivity index is 1.91. The number of hydrogen-bond acceptors (Lipinski definition) is 4. The molecule has 0 saturated carbocycles. The van der Waals surface area contributed by atoms with Crippen molar-refractivity contribution in [1.29, 1.82) is 0 Å². The predicted octanol–water partition coefficient (Wildman–Crippen LogP) is 2.89. The van der Waals surface area contributed by atoms with E-state index in [0.717, 1.165) is 17.7 Å². The van der Waals surface area contributed by atoms with E-state index in [1.165, 1.54) is 0 Å². The van der Waals surface area contributed by atoms with E-state index in [0.29, 0.717) is 24.3 Å². The van der Waals surface area contributed by atoms with Crippen LogP contribution in [-0.2, 0) is 11.2 Å². The van der Waals surface area contributed by atoms with Crippen LogP contribution in [0.5, 0.6) is 5.75 Å². The normalized spacial score (nSPS) is 10.0. The predicted molar refractivity (Wildman–Crippen MR) is 110 cm³/mol. The fourth-order valence-electron chi connectivity index (χ4n) is 2.26. The van der Waals surface area contributed by atoms with Crippen LogP contribution in [0.2, 0.25) is 0 Å². The van der Waals surface area contributed by atoms with Gasteiger partial charge in [0.2, 0.25) is 5.91 Å². The number of thiocarbonyl (C=S) groups is 1. The minimum Gasteiger partial charge on any atom is -0.494 e. The Labute approximate surface area is 164 Å². The molecule has 7 heteroatoms. The van der Waals surface area contributed by atoms with Crippen LogP contribution in [0.1, 0.15) is 29.3 Å². The molecular weight excluding hydrogens is 362 g/mol. The SMILES string of the molecule is CCCOc1cccc(C(=O)NC(=S)Nc2ccc(CC(=O)NC)cc2)c1. The van der Waals surface area contributed by atoms with Crippen LogP contribution in [0.3, 0.4) is 0 Å². The van der Waals surface area contributed by atoms with Gasteiger partial charge in [0.05, 0.1) is 13.0 Å². The highest BCUT2D eigenvalue weighted by molar-refractivity contribution is 7.80. The Hall–Kier alpha value is -2.93. The van der Waals surface area contributed by atoms with E-state index in [4.69, 9.17) is 17.0 Å².